The largest absolute Gasteiger partial charge is 0.497 e. The fourth-order valence-corrected chi connectivity index (χ4v) is 18.4. The highest BCUT2D eigenvalue weighted by Gasteiger charge is 2.67. The first-order valence-corrected chi connectivity index (χ1v) is 19.7. The van der Waals surface area contributed by atoms with Crippen LogP contribution in [-0.2, 0) is 25.5 Å². The van der Waals surface area contributed by atoms with E-state index in [1.807, 2.05) is 49.9 Å². The first-order valence-electron chi connectivity index (χ1n) is 12.5. The number of nitrogens with zero attached hydrogens (tertiary/aromatic N) is 1. The number of β-lactam (4-membered cyclic amide) rings is 1. The van der Waals surface area contributed by atoms with Crippen molar-refractivity contribution in [3.8, 4) is 5.75 Å². The first-order chi connectivity index (χ1) is 15.9. The first kappa shape index (κ1) is 29.3. The van der Waals surface area contributed by atoms with Crippen LogP contribution in [0.25, 0.3) is 0 Å². The maximum absolute atomic E-state index is 13.7. The highest BCUT2D eigenvalue weighted by Crippen LogP contribution is 2.47. The van der Waals surface area contributed by atoms with Gasteiger partial charge in [0, 0.05) is 5.29 Å². The number of esters is 1. The van der Waals surface area contributed by atoms with Crippen LogP contribution in [0.15, 0.2) is 24.3 Å². The third-order valence-corrected chi connectivity index (χ3v) is 15.9. The van der Waals surface area contributed by atoms with Crippen LogP contribution >= 0.6 is 0 Å². The Kier molecular flexibility index (Phi) is 8.54. The third kappa shape index (κ3) is 6.26. The summed E-state index contributed by atoms with van der Waals surface area (Å²) in [6, 6.07) is 7.85. The third-order valence-electron chi connectivity index (χ3n) is 6.88. The normalized spacial score (nSPS) is 21.1. The van der Waals surface area contributed by atoms with E-state index >= 15 is 0 Å². The van der Waals surface area contributed by atoms with Gasteiger partial charge in [-0.25, -0.2) is 0 Å². The molecule has 1 fully saturated rings. The van der Waals surface area contributed by atoms with Crippen molar-refractivity contribution in [2.45, 2.75) is 90.6 Å². The summed E-state index contributed by atoms with van der Waals surface area (Å²) in [5.41, 5.74) is -0.417. The van der Waals surface area contributed by atoms with Crippen LogP contribution in [-0.4, -0.2) is 63.3 Å². The lowest BCUT2D eigenvalue weighted by Gasteiger charge is -2.63. The number of aryl methyl sites for hydroxylation is 1. The van der Waals surface area contributed by atoms with E-state index in [9.17, 15) is 14.4 Å². The molecule has 1 aromatic rings. The zero-order valence-electron chi connectivity index (χ0n) is 23.6. The summed E-state index contributed by atoms with van der Waals surface area (Å²) in [6.07, 6.45) is 1.22. The predicted molar refractivity (Wildman–Crippen MR) is 146 cm³/mol. The molecule has 0 radical (unpaired) electrons. The number of likely N-dealkylation sites (tertiary alicyclic amines) is 1. The highest BCUT2D eigenvalue weighted by molar-refractivity contribution is 6.96. The number of amides is 1. The van der Waals surface area contributed by atoms with E-state index in [4.69, 9.17) is 9.47 Å². The molecular weight excluding hydrogens is 474 g/mol. The number of ether oxygens (including phenoxy) is 2. The van der Waals surface area contributed by atoms with Crippen molar-refractivity contribution in [1.29, 1.82) is 0 Å². The molecule has 0 saturated carbocycles. The molecule has 2 unspecified atom stereocenters. The zero-order valence-corrected chi connectivity index (χ0v) is 25.6. The average Bonchev–Trinajstić information content (AvgIpc) is 2.70. The molecule has 0 spiro atoms. The number of ketones is 1. The zero-order chi connectivity index (χ0) is 27.0. The van der Waals surface area contributed by atoms with Crippen molar-refractivity contribution in [3.05, 3.63) is 29.8 Å². The van der Waals surface area contributed by atoms with Crippen LogP contribution in [0.2, 0.25) is 39.3 Å². The van der Waals surface area contributed by atoms with Gasteiger partial charge in [0.2, 0.25) is 5.91 Å². The van der Waals surface area contributed by atoms with Crippen molar-refractivity contribution >= 4 is 33.8 Å². The second-order valence-electron chi connectivity index (χ2n) is 13.2. The lowest BCUT2D eigenvalue weighted by Crippen LogP contribution is -2.83. The van der Waals surface area contributed by atoms with E-state index in [1.165, 1.54) is 6.92 Å². The second kappa shape index (κ2) is 10.2. The van der Waals surface area contributed by atoms with E-state index in [0.717, 1.165) is 11.3 Å². The van der Waals surface area contributed by atoms with Gasteiger partial charge in [-0.1, -0.05) is 51.4 Å². The van der Waals surface area contributed by atoms with Gasteiger partial charge in [-0.05, 0) is 58.2 Å². The van der Waals surface area contributed by atoms with Gasteiger partial charge in [0.05, 0.1) is 34.2 Å². The average molecular weight is 520 g/mol. The monoisotopic (exact) mass is 519 g/mol. The molecule has 1 aliphatic rings. The van der Waals surface area contributed by atoms with Gasteiger partial charge < -0.3 is 14.4 Å². The van der Waals surface area contributed by atoms with Gasteiger partial charge in [-0.2, -0.15) is 0 Å². The van der Waals surface area contributed by atoms with Gasteiger partial charge in [0.1, 0.15) is 24.1 Å². The molecule has 0 N–H and O–H groups in total. The molecule has 0 aliphatic carbocycles. The van der Waals surface area contributed by atoms with Crippen molar-refractivity contribution in [1.82, 2.24) is 4.90 Å². The maximum atomic E-state index is 13.7. The molecular formula is C27H45NO5Si2. The number of Topliss-reactive ketones (excluding diaryl/α,β-unsaturated/α-hetero) is 1. The van der Waals surface area contributed by atoms with Crippen LogP contribution < -0.4 is 4.74 Å². The lowest BCUT2D eigenvalue weighted by atomic mass is 9.68. The van der Waals surface area contributed by atoms with Crippen molar-refractivity contribution < 1.29 is 23.9 Å². The molecule has 1 heterocycles. The minimum atomic E-state index is -1.86. The number of rotatable bonds is 10. The Labute approximate surface area is 213 Å². The van der Waals surface area contributed by atoms with Crippen molar-refractivity contribution in [2.75, 3.05) is 13.7 Å². The van der Waals surface area contributed by atoms with Crippen molar-refractivity contribution in [2.24, 2.45) is 11.3 Å². The Morgan fingerprint density at radius 3 is 1.94 bits per heavy atom. The van der Waals surface area contributed by atoms with Gasteiger partial charge in [-0.3, -0.25) is 14.4 Å². The molecule has 35 heavy (non-hydrogen) atoms. The van der Waals surface area contributed by atoms with Gasteiger partial charge >= 0.3 is 5.97 Å². The number of methoxy groups -OCH3 is 1. The minimum absolute atomic E-state index is 0.0424. The number of hydrogen-bond acceptors (Lipinski definition) is 5. The molecule has 1 saturated heterocycles. The van der Waals surface area contributed by atoms with Crippen LogP contribution in [0.1, 0.15) is 39.7 Å². The maximum Gasteiger partial charge on any atom is 0.311 e. The standard InChI is InChI=1S/C27H45NO5Si2/c1-19(29)22-23(30)28(25(34(6,7)8)35(9,10)11)27(22,18-33-24(31)26(2,3)4)17-16-20-12-14-21(32-5)15-13-20/h12-15,22,25H,16-18H2,1-11H3. The Balaban J connectivity index is 2.58. The summed E-state index contributed by atoms with van der Waals surface area (Å²) in [5, 5.41) is 0.113. The summed E-state index contributed by atoms with van der Waals surface area (Å²) >= 11 is 0. The van der Waals surface area contributed by atoms with E-state index in [0.29, 0.717) is 12.8 Å². The van der Waals surface area contributed by atoms with Gasteiger partial charge in [0.25, 0.3) is 0 Å². The Morgan fingerprint density at radius 2 is 1.54 bits per heavy atom. The smallest absolute Gasteiger partial charge is 0.311 e. The van der Waals surface area contributed by atoms with Crippen LogP contribution in [0.3, 0.4) is 0 Å². The van der Waals surface area contributed by atoms with E-state index in [2.05, 4.69) is 39.3 Å². The molecule has 8 heteroatoms. The summed E-state index contributed by atoms with van der Waals surface area (Å²) in [7, 11) is -2.10. The fourth-order valence-electron chi connectivity index (χ4n) is 5.72. The van der Waals surface area contributed by atoms with Gasteiger partial charge in [0.15, 0.2) is 0 Å². The molecule has 0 bridgehead atoms. The molecule has 1 aliphatic heterocycles. The molecule has 196 valence electrons. The summed E-state index contributed by atoms with van der Waals surface area (Å²) in [6.45, 7) is 20.7. The van der Waals surface area contributed by atoms with Crippen LogP contribution in [0, 0.1) is 11.3 Å². The fraction of sp³-hybridized carbons (Fsp3) is 0.667. The Bertz CT molecular complexity index is 926. The molecule has 6 nitrogen and oxygen atoms in total. The number of carbonyl (C=O) groups excluding carboxylic acids is 3. The van der Waals surface area contributed by atoms with Crippen LogP contribution in [0.4, 0.5) is 0 Å². The Morgan fingerprint density at radius 1 is 1.03 bits per heavy atom. The van der Waals surface area contributed by atoms with Crippen molar-refractivity contribution in [3.63, 3.8) is 0 Å². The van der Waals surface area contributed by atoms with Crippen LogP contribution in [0.5, 0.6) is 5.75 Å². The summed E-state index contributed by atoms with van der Waals surface area (Å²) < 4.78 is 11.2. The SMILES string of the molecule is COc1ccc(CCC2(COC(=O)C(C)(C)C)C(C(C)=O)C(=O)N2C([Si](C)(C)C)[Si](C)(C)C)cc1. The Hall–Kier alpha value is -1.94. The topological polar surface area (TPSA) is 72.9 Å². The summed E-state index contributed by atoms with van der Waals surface area (Å²) in [4.78, 5) is 41.4. The lowest BCUT2D eigenvalue weighted by molar-refractivity contribution is -0.189. The molecule has 1 amide bonds. The van der Waals surface area contributed by atoms with E-state index in [1.54, 1.807) is 7.11 Å². The quantitative estimate of drug-likeness (QED) is 0.185. The minimum Gasteiger partial charge on any atom is -0.497 e. The van der Waals surface area contributed by atoms with E-state index in [-0.39, 0.29) is 29.6 Å². The molecule has 0 aromatic heterocycles. The van der Waals surface area contributed by atoms with E-state index < -0.39 is 33.0 Å². The van der Waals surface area contributed by atoms with Gasteiger partial charge in [-0.15, -0.1) is 0 Å². The molecule has 2 rings (SSSR count). The number of carbonyl (C=O) groups is 3. The molecule has 2 atom stereocenters. The number of benzene rings is 1. The second-order valence-corrected chi connectivity index (χ2v) is 24.3. The summed E-state index contributed by atoms with van der Waals surface area (Å²) in [5.74, 6) is -0.585. The highest BCUT2D eigenvalue weighted by atomic mass is 28.4. The predicted octanol–water partition coefficient (Wildman–Crippen LogP) is 5.13. The molecule has 1 aromatic carbocycles. The number of hydrogen-bond donors (Lipinski definition) is 0.